The molecule has 0 bridgehead atoms. The van der Waals surface area contributed by atoms with Crippen LogP contribution >= 0.6 is 0 Å². The molecule has 0 spiro atoms. The number of hydrogen-bond acceptors (Lipinski definition) is 9. The molecule has 0 aliphatic heterocycles. The van der Waals surface area contributed by atoms with E-state index in [0.29, 0.717) is 33.5 Å². The minimum atomic E-state index is -2.26. The van der Waals surface area contributed by atoms with E-state index >= 15 is 0 Å². The van der Waals surface area contributed by atoms with Gasteiger partial charge in [0.15, 0.2) is 0 Å². The Kier molecular flexibility index (Phi) is 8.50. The van der Waals surface area contributed by atoms with Gasteiger partial charge in [-0.1, -0.05) is 12.1 Å². The van der Waals surface area contributed by atoms with E-state index in [0.717, 1.165) is 5.56 Å². The quantitative estimate of drug-likeness (QED) is 0.354. The monoisotopic (exact) mass is 480 g/mol. The van der Waals surface area contributed by atoms with Crippen molar-refractivity contribution in [3.63, 3.8) is 0 Å². The molecule has 0 saturated carbocycles. The second-order valence-electron chi connectivity index (χ2n) is 7.12. The van der Waals surface area contributed by atoms with E-state index in [1.165, 1.54) is 0 Å². The van der Waals surface area contributed by atoms with E-state index in [4.69, 9.17) is 0 Å². The zero-order valence-corrected chi connectivity index (χ0v) is 19.5. The molecule has 0 aliphatic carbocycles. The molecule has 2 aromatic carbocycles. The highest BCUT2D eigenvalue weighted by molar-refractivity contribution is 7.75. The van der Waals surface area contributed by atoms with E-state index in [1.54, 1.807) is 55.6 Å². The van der Waals surface area contributed by atoms with E-state index in [9.17, 15) is 19.4 Å². The van der Waals surface area contributed by atoms with Gasteiger partial charge >= 0.3 is 6.09 Å². The Balaban J connectivity index is 1.86. The molecule has 0 saturated heterocycles. The number of thiol groups is 1. The smallest absolute Gasteiger partial charge is 0.441 e. The second kappa shape index (κ2) is 11.7. The third kappa shape index (κ3) is 6.50. The summed E-state index contributed by atoms with van der Waals surface area (Å²) in [6.45, 7) is 3.52. The van der Waals surface area contributed by atoms with Crippen LogP contribution < -0.4 is 10.6 Å². The highest BCUT2D eigenvalue weighted by Crippen LogP contribution is 2.28. The summed E-state index contributed by atoms with van der Waals surface area (Å²) >= 11 is 0. The molecule has 176 valence electrons. The molecule has 1 aromatic heterocycles. The summed E-state index contributed by atoms with van der Waals surface area (Å²) in [7, 11) is -2.26. The predicted octanol–water partition coefficient (Wildman–Crippen LogP) is 3.73. The van der Waals surface area contributed by atoms with Gasteiger partial charge in [0.1, 0.15) is 5.82 Å². The van der Waals surface area contributed by atoms with Crippen LogP contribution in [0.5, 0.6) is 0 Å². The zero-order valence-electron chi connectivity index (χ0n) is 18.6. The van der Waals surface area contributed by atoms with Crippen molar-refractivity contribution in [3.05, 3.63) is 60.3 Å². The third-order valence-corrected chi connectivity index (χ3v) is 5.62. The van der Waals surface area contributed by atoms with Crippen molar-refractivity contribution in [2.75, 3.05) is 23.8 Å². The number of carbonyl (C=O) groups is 1. The lowest BCUT2D eigenvalue weighted by atomic mass is 10.1. The van der Waals surface area contributed by atoms with E-state index in [2.05, 4.69) is 35.8 Å². The molecule has 11 heteroatoms. The van der Waals surface area contributed by atoms with Crippen LogP contribution in [0.2, 0.25) is 0 Å². The number of nitriles is 1. The molecule has 3 rings (SSSR count). The summed E-state index contributed by atoms with van der Waals surface area (Å²) in [6, 6.07) is 15.4. The number of amides is 1. The summed E-state index contributed by atoms with van der Waals surface area (Å²) in [4.78, 5) is 20.7. The Morgan fingerprint density at radius 2 is 2.06 bits per heavy atom. The molecule has 3 aromatic rings. The number of aliphatic hydroxyl groups is 1. The maximum atomic E-state index is 12.2. The number of carbonyl (C=O) groups excluding carboxylic acids is 1. The van der Waals surface area contributed by atoms with Gasteiger partial charge in [-0.3, -0.25) is 0 Å². The first-order valence-electron chi connectivity index (χ1n) is 10.4. The second-order valence-corrected chi connectivity index (χ2v) is 8.38. The number of ether oxygens (including phenoxy) is 1. The lowest BCUT2D eigenvalue weighted by molar-refractivity contribution is 0.164. The first-order chi connectivity index (χ1) is 16.4. The number of aliphatic hydroxyl groups excluding tert-OH is 1. The maximum Gasteiger partial charge on any atom is 0.441 e. The van der Waals surface area contributed by atoms with Crippen molar-refractivity contribution >= 4 is 34.1 Å². The molecule has 0 fully saturated rings. The van der Waals surface area contributed by atoms with Crippen LogP contribution in [0.25, 0.3) is 11.1 Å². The Morgan fingerprint density at radius 3 is 2.74 bits per heavy atom. The van der Waals surface area contributed by atoms with Gasteiger partial charge in [-0.2, -0.15) is 10.2 Å². The summed E-state index contributed by atoms with van der Waals surface area (Å²) in [5.74, 6) is 0.781. The fourth-order valence-corrected chi connectivity index (χ4v) is 3.61. The zero-order chi connectivity index (χ0) is 24.5. The Bertz CT molecular complexity index is 1280. The number of nitrogens with zero attached hydrogens (tertiary/aromatic N) is 4. The van der Waals surface area contributed by atoms with Crippen molar-refractivity contribution in [2.45, 2.75) is 24.8 Å². The van der Waals surface area contributed by atoms with E-state index in [1.807, 2.05) is 13.0 Å². The summed E-state index contributed by atoms with van der Waals surface area (Å²) < 4.78 is 20.4. The van der Waals surface area contributed by atoms with Crippen molar-refractivity contribution in [2.24, 2.45) is 4.36 Å². The van der Waals surface area contributed by atoms with Crippen LogP contribution in [0.4, 0.5) is 22.2 Å². The number of rotatable bonds is 8. The lowest BCUT2D eigenvalue weighted by Crippen LogP contribution is -2.21. The maximum absolute atomic E-state index is 12.2. The summed E-state index contributed by atoms with van der Waals surface area (Å²) in [6.07, 6.45) is 0.763. The first-order valence-corrected chi connectivity index (χ1v) is 11.6. The number of benzene rings is 2. The minimum absolute atomic E-state index is 0.0963. The van der Waals surface area contributed by atoms with Crippen LogP contribution in [0.1, 0.15) is 19.4 Å². The Hall–Kier alpha value is -4.01. The molecular formula is C23H24N6O4S. The Morgan fingerprint density at radius 1 is 1.29 bits per heavy atom. The van der Waals surface area contributed by atoms with Gasteiger partial charge in [0.05, 0.1) is 35.4 Å². The highest BCUT2D eigenvalue weighted by atomic mass is 32.2. The van der Waals surface area contributed by atoms with Gasteiger partial charge in [0.2, 0.25) is 5.95 Å². The van der Waals surface area contributed by atoms with Gasteiger partial charge in [-0.05, 0) is 55.8 Å². The Labute approximate surface area is 198 Å². The van der Waals surface area contributed by atoms with Gasteiger partial charge < -0.3 is 20.5 Å². The van der Waals surface area contributed by atoms with E-state index < -0.39 is 16.7 Å². The van der Waals surface area contributed by atoms with Gasteiger partial charge in [-0.25, -0.2) is 14.0 Å². The van der Waals surface area contributed by atoms with Crippen molar-refractivity contribution in [1.82, 2.24) is 9.97 Å². The largest absolute Gasteiger partial charge is 0.448 e. The number of hydrogen-bond donors (Lipinski definition) is 4. The highest BCUT2D eigenvalue weighted by Gasteiger charge is 2.13. The lowest BCUT2D eigenvalue weighted by Gasteiger charge is -2.16. The molecule has 10 nitrogen and oxygen atoms in total. The van der Waals surface area contributed by atoms with Gasteiger partial charge in [0, 0.05) is 28.4 Å². The SMILES string of the molecule is CCOC(=O)/N=[SH](=O)/c1ccc(Nc2ncc(-c3cccc(C#N)c3)c(N[C@H](C)CO)n2)cc1. The normalized spacial score (nSPS) is 12.4. The van der Waals surface area contributed by atoms with Crippen LogP contribution in [-0.2, 0) is 15.3 Å². The standard InChI is InChI=1S/C23H24N6O4S/c1-3-33-23(31)29-34(32)19-9-7-18(8-10-19)27-22-25-13-20(21(28-22)26-15(2)14-30)17-6-4-5-16(11-17)12-24/h4-11,13,15,30,34H,3,14H2,1-2H3,(H2,25,26,27,28)/t15-/m1/s1. The third-order valence-electron chi connectivity index (χ3n) is 4.53. The molecule has 0 radical (unpaired) electrons. The van der Waals surface area contributed by atoms with Crippen LogP contribution in [-0.4, -0.2) is 44.6 Å². The van der Waals surface area contributed by atoms with Crippen LogP contribution in [0.15, 0.2) is 64.0 Å². The van der Waals surface area contributed by atoms with Crippen molar-refractivity contribution < 1.29 is 18.8 Å². The summed E-state index contributed by atoms with van der Waals surface area (Å²) in [5, 5.41) is 24.9. The fourth-order valence-electron chi connectivity index (χ4n) is 2.88. The molecule has 1 heterocycles. The molecular weight excluding hydrogens is 456 g/mol. The topological polar surface area (TPSA) is 150 Å². The average Bonchev–Trinajstić information content (AvgIpc) is 2.84. The molecule has 0 aliphatic rings. The molecule has 1 amide bonds. The number of nitrogens with one attached hydrogen (secondary N) is 2. The summed E-state index contributed by atoms with van der Waals surface area (Å²) in [5.41, 5.74) is 2.57. The van der Waals surface area contributed by atoms with E-state index in [-0.39, 0.29) is 19.3 Å². The number of anilines is 3. The predicted molar refractivity (Wildman–Crippen MR) is 129 cm³/mol. The molecule has 3 N–H and O–H groups in total. The van der Waals surface area contributed by atoms with Crippen molar-refractivity contribution in [1.29, 1.82) is 5.26 Å². The molecule has 1 unspecified atom stereocenters. The van der Waals surface area contributed by atoms with Crippen LogP contribution in [0, 0.1) is 11.3 Å². The average molecular weight is 481 g/mol. The van der Waals surface area contributed by atoms with Gasteiger partial charge in [0.25, 0.3) is 0 Å². The molecule has 34 heavy (non-hydrogen) atoms. The molecule has 2 atom stereocenters. The number of aromatic nitrogens is 2. The van der Waals surface area contributed by atoms with Gasteiger partial charge in [-0.15, -0.1) is 4.36 Å². The minimum Gasteiger partial charge on any atom is -0.448 e. The first kappa shape index (κ1) is 24.6. The fraction of sp³-hybridized carbons (Fsp3) is 0.217. The van der Waals surface area contributed by atoms with Crippen molar-refractivity contribution in [3.8, 4) is 17.2 Å². The van der Waals surface area contributed by atoms with Crippen LogP contribution in [0.3, 0.4) is 0 Å².